The Balaban J connectivity index is 0.00000167. The number of benzene rings is 2. The van der Waals surface area contributed by atoms with E-state index in [1.54, 1.807) is 21.3 Å². The lowest BCUT2D eigenvalue weighted by Gasteiger charge is -2.37. The second kappa shape index (κ2) is 11.4. The number of carbonyl (C=O) groups excluding carboxylic acids is 2. The van der Waals surface area contributed by atoms with E-state index in [9.17, 15) is 9.59 Å². The van der Waals surface area contributed by atoms with E-state index in [0.29, 0.717) is 31.7 Å². The minimum atomic E-state index is -0.826. The van der Waals surface area contributed by atoms with Crippen LogP contribution >= 0.6 is 0 Å². The summed E-state index contributed by atoms with van der Waals surface area (Å²) in [5.74, 6) is 2.07. The van der Waals surface area contributed by atoms with Crippen LogP contribution in [0, 0.1) is 6.92 Å². The molecule has 2 fully saturated rings. The van der Waals surface area contributed by atoms with E-state index in [4.69, 9.17) is 14.2 Å². The number of hydrogen-bond donors (Lipinski definition) is 1. The smallest absolute Gasteiger partial charge is 0.325 e. The van der Waals surface area contributed by atoms with Crippen LogP contribution in [0.15, 0.2) is 36.4 Å². The lowest BCUT2D eigenvalue weighted by molar-refractivity contribution is -0.133. The number of nitrogens with zero attached hydrogens (tertiary/aromatic N) is 2. The number of hydrogen-bond acceptors (Lipinski definition) is 6. The van der Waals surface area contributed by atoms with Crippen LogP contribution in [0.25, 0.3) is 0 Å². The molecule has 0 atom stereocenters. The SMILES string of the molecule is CC.COc1cc(C)cc(CN2C(=O)NC3(CCN(Cc4cc(OC)cc(OC)c4)CC3)C2=O)c1. The molecular weight excluding hydrogens is 446 g/mol. The average Bonchev–Trinajstić information content (AvgIpc) is 3.10. The van der Waals surface area contributed by atoms with Gasteiger partial charge in [0.15, 0.2) is 0 Å². The number of ether oxygens (including phenoxy) is 3. The first-order chi connectivity index (χ1) is 16.9. The van der Waals surface area contributed by atoms with E-state index in [0.717, 1.165) is 34.7 Å². The fraction of sp³-hybridized carbons (Fsp3) is 0.481. The van der Waals surface area contributed by atoms with Crippen molar-refractivity contribution in [3.05, 3.63) is 53.1 Å². The van der Waals surface area contributed by atoms with Gasteiger partial charge in [0.05, 0.1) is 27.9 Å². The van der Waals surface area contributed by atoms with E-state index in [-0.39, 0.29) is 18.5 Å². The third kappa shape index (κ3) is 5.88. The number of nitrogens with one attached hydrogen (secondary N) is 1. The van der Waals surface area contributed by atoms with Gasteiger partial charge in [0, 0.05) is 25.7 Å². The Bertz CT molecular complexity index is 1020. The maximum Gasteiger partial charge on any atom is 0.325 e. The molecule has 190 valence electrons. The van der Waals surface area contributed by atoms with Gasteiger partial charge < -0.3 is 19.5 Å². The van der Waals surface area contributed by atoms with E-state index in [1.807, 2.05) is 57.2 Å². The molecule has 0 radical (unpaired) electrons. The average molecular weight is 484 g/mol. The summed E-state index contributed by atoms with van der Waals surface area (Å²) in [6.45, 7) is 8.33. The molecule has 0 bridgehead atoms. The number of piperidine rings is 1. The molecule has 2 aromatic rings. The number of aryl methyl sites for hydroxylation is 1. The van der Waals surface area contributed by atoms with Gasteiger partial charge >= 0.3 is 6.03 Å². The highest BCUT2D eigenvalue weighted by Crippen LogP contribution is 2.32. The summed E-state index contributed by atoms with van der Waals surface area (Å²) in [6, 6.07) is 11.3. The van der Waals surface area contributed by atoms with Crippen LogP contribution in [0.5, 0.6) is 17.2 Å². The number of likely N-dealkylation sites (tertiary alicyclic amines) is 1. The topological polar surface area (TPSA) is 80.3 Å². The van der Waals surface area contributed by atoms with Gasteiger partial charge in [0.2, 0.25) is 0 Å². The van der Waals surface area contributed by atoms with Crippen LogP contribution in [0.4, 0.5) is 4.79 Å². The number of amides is 3. The minimum Gasteiger partial charge on any atom is -0.497 e. The molecule has 0 aliphatic carbocycles. The summed E-state index contributed by atoms with van der Waals surface area (Å²) in [5.41, 5.74) is 2.15. The van der Waals surface area contributed by atoms with Crippen molar-refractivity contribution in [1.29, 1.82) is 0 Å². The fourth-order valence-corrected chi connectivity index (χ4v) is 4.68. The Labute approximate surface area is 208 Å². The summed E-state index contributed by atoms with van der Waals surface area (Å²) in [7, 11) is 4.88. The van der Waals surface area contributed by atoms with Crippen LogP contribution in [0.3, 0.4) is 0 Å². The molecule has 2 aromatic carbocycles. The Morgan fingerprint density at radius 2 is 1.31 bits per heavy atom. The molecule has 8 heteroatoms. The van der Waals surface area contributed by atoms with Gasteiger partial charge in [-0.3, -0.25) is 14.6 Å². The lowest BCUT2D eigenvalue weighted by Crippen LogP contribution is -2.54. The highest BCUT2D eigenvalue weighted by Gasteiger charge is 2.52. The van der Waals surface area contributed by atoms with Gasteiger partial charge in [0.1, 0.15) is 22.8 Å². The van der Waals surface area contributed by atoms with E-state index in [1.165, 1.54) is 4.90 Å². The zero-order valence-electron chi connectivity index (χ0n) is 21.6. The van der Waals surface area contributed by atoms with E-state index < -0.39 is 5.54 Å². The molecular formula is C27H37N3O5. The van der Waals surface area contributed by atoms with Crippen LogP contribution < -0.4 is 19.5 Å². The largest absolute Gasteiger partial charge is 0.497 e. The first-order valence-corrected chi connectivity index (χ1v) is 12.1. The normalized spacial score (nSPS) is 17.0. The molecule has 0 unspecified atom stereocenters. The number of carbonyl (C=O) groups is 2. The van der Waals surface area contributed by atoms with Crippen molar-refractivity contribution in [2.24, 2.45) is 0 Å². The second-order valence-electron chi connectivity index (χ2n) is 8.76. The monoisotopic (exact) mass is 483 g/mol. The standard InChI is InChI=1S/C25H31N3O5.C2H6/c1-17-9-18(11-20(10-17)31-2)16-28-23(29)25(26-24(28)30)5-7-27(8-6-25)15-19-12-21(32-3)14-22(13-19)33-4;1-2/h9-14H,5-8,15-16H2,1-4H3,(H,26,30);1-2H3. The molecule has 3 amide bonds. The lowest BCUT2D eigenvalue weighted by atomic mass is 9.87. The van der Waals surface area contributed by atoms with Crippen molar-refractivity contribution in [3.63, 3.8) is 0 Å². The third-order valence-electron chi connectivity index (χ3n) is 6.46. The molecule has 0 saturated carbocycles. The van der Waals surface area contributed by atoms with Crippen molar-refractivity contribution in [3.8, 4) is 17.2 Å². The Kier molecular flexibility index (Phi) is 8.62. The molecule has 2 aliphatic rings. The van der Waals surface area contributed by atoms with Crippen LogP contribution in [0.2, 0.25) is 0 Å². The molecule has 0 aromatic heterocycles. The van der Waals surface area contributed by atoms with Crippen LogP contribution in [-0.2, 0) is 17.9 Å². The van der Waals surface area contributed by atoms with E-state index >= 15 is 0 Å². The number of methoxy groups -OCH3 is 3. The summed E-state index contributed by atoms with van der Waals surface area (Å²) in [4.78, 5) is 29.7. The van der Waals surface area contributed by atoms with Crippen molar-refractivity contribution < 1.29 is 23.8 Å². The first-order valence-electron chi connectivity index (χ1n) is 12.1. The molecule has 35 heavy (non-hydrogen) atoms. The molecule has 1 N–H and O–H groups in total. The summed E-state index contributed by atoms with van der Waals surface area (Å²) < 4.78 is 16.1. The number of imide groups is 1. The Morgan fingerprint density at radius 1 is 0.800 bits per heavy atom. The molecule has 4 rings (SSSR count). The molecule has 1 spiro atoms. The van der Waals surface area contributed by atoms with Crippen LogP contribution in [-0.4, -0.2) is 61.7 Å². The van der Waals surface area contributed by atoms with Gasteiger partial charge in [-0.05, 0) is 60.7 Å². The molecule has 2 aliphatic heterocycles. The van der Waals surface area contributed by atoms with Crippen LogP contribution in [0.1, 0.15) is 43.4 Å². The van der Waals surface area contributed by atoms with Gasteiger partial charge in [-0.1, -0.05) is 19.9 Å². The van der Waals surface area contributed by atoms with Crippen molar-refractivity contribution in [2.45, 2.75) is 52.2 Å². The summed E-state index contributed by atoms with van der Waals surface area (Å²) in [6.07, 6.45) is 1.15. The zero-order valence-corrected chi connectivity index (χ0v) is 21.6. The predicted molar refractivity (Wildman–Crippen MR) is 135 cm³/mol. The highest BCUT2D eigenvalue weighted by atomic mass is 16.5. The number of rotatable bonds is 7. The van der Waals surface area contributed by atoms with Gasteiger partial charge in [0.25, 0.3) is 5.91 Å². The summed E-state index contributed by atoms with van der Waals surface area (Å²) >= 11 is 0. The van der Waals surface area contributed by atoms with E-state index in [2.05, 4.69) is 10.2 Å². The van der Waals surface area contributed by atoms with Gasteiger partial charge in [-0.2, -0.15) is 0 Å². The quantitative estimate of drug-likeness (QED) is 0.597. The van der Waals surface area contributed by atoms with Crippen molar-refractivity contribution >= 4 is 11.9 Å². The molecule has 2 heterocycles. The predicted octanol–water partition coefficient (Wildman–Crippen LogP) is 4.13. The first kappa shape index (κ1) is 26.3. The minimum absolute atomic E-state index is 0.143. The molecule has 8 nitrogen and oxygen atoms in total. The fourth-order valence-electron chi connectivity index (χ4n) is 4.68. The van der Waals surface area contributed by atoms with Crippen molar-refractivity contribution in [2.75, 3.05) is 34.4 Å². The Morgan fingerprint density at radius 3 is 1.86 bits per heavy atom. The van der Waals surface area contributed by atoms with Gasteiger partial charge in [-0.15, -0.1) is 0 Å². The number of urea groups is 1. The maximum absolute atomic E-state index is 13.3. The van der Waals surface area contributed by atoms with Crippen molar-refractivity contribution in [1.82, 2.24) is 15.1 Å². The summed E-state index contributed by atoms with van der Waals surface area (Å²) in [5, 5.41) is 2.99. The zero-order chi connectivity index (χ0) is 25.6. The highest BCUT2D eigenvalue weighted by molar-refractivity contribution is 6.07. The third-order valence-corrected chi connectivity index (χ3v) is 6.46. The second-order valence-corrected chi connectivity index (χ2v) is 8.76. The Hall–Kier alpha value is -3.26. The molecule has 2 saturated heterocycles. The maximum atomic E-state index is 13.3. The van der Waals surface area contributed by atoms with Gasteiger partial charge in [-0.25, -0.2) is 4.79 Å².